The molecule has 0 N–H and O–H groups in total. The van der Waals surface area contributed by atoms with Gasteiger partial charge in [-0.15, -0.1) is 0 Å². The van der Waals surface area contributed by atoms with Crippen LogP contribution in [0.3, 0.4) is 0 Å². The second-order valence-electron chi connectivity index (χ2n) is 8.56. The molecule has 8 heteroatoms. The third-order valence-electron chi connectivity index (χ3n) is 5.19. The average Bonchev–Trinajstić information content (AvgIpc) is 2.63. The highest BCUT2D eigenvalue weighted by Gasteiger charge is 2.30. The zero-order chi connectivity index (χ0) is 21.8. The van der Waals surface area contributed by atoms with Crippen LogP contribution >= 0.6 is 20.7 Å². The minimum Gasteiger partial charge on any atom is -0.354 e. The van der Waals surface area contributed by atoms with Crippen LogP contribution in [-0.4, -0.2) is 73.0 Å². The Morgan fingerprint density at radius 3 is 2.38 bits per heavy atom. The van der Waals surface area contributed by atoms with Crippen molar-refractivity contribution in [3.63, 3.8) is 0 Å². The fourth-order valence-electron chi connectivity index (χ4n) is 3.51. The van der Waals surface area contributed by atoms with E-state index in [0.717, 1.165) is 32.0 Å². The molecule has 0 radical (unpaired) electrons. The first-order valence-electron chi connectivity index (χ1n) is 9.95. The Hall–Kier alpha value is -1.16. The molecule has 5 nitrogen and oxygen atoms in total. The summed E-state index contributed by atoms with van der Waals surface area (Å²) in [6.07, 6.45) is 2.42. The van der Waals surface area contributed by atoms with Gasteiger partial charge in [0.05, 0.1) is 6.54 Å². The van der Waals surface area contributed by atoms with Gasteiger partial charge in [-0.2, -0.15) is 8.78 Å². The van der Waals surface area contributed by atoms with E-state index in [4.69, 9.17) is 4.99 Å². The van der Waals surface area contributed by atoms with Crippen LogP contribution in [-0.2, 0) is 4.79 Å². The van der Waals surface area contributed by atoms with Crippen molar-refractivity contribution in [2.24, 2.45) is 4.99 Å². The van der Waals surface area contributed by atoms with Crippen molar-refractivity contribution in [2.45, 2.75) is 56.4 Å². The summed E-state index contributed by atoms with van der Waals surface area (Å²) in [5, 5.41) is 0. The van der Waals surface area contributed by atoms with Gasteiger partial charge in [-0.05, 0) is 34.1 Å². The predicted octanol–water partition coefficient (Wildman–Crippen LogP) is 4.23. The molecule has 2 heterocycles. The van der Waals surface area contributed by atoms with Crippen LogP contribution in [0.1, 0.15) is 47.0 Å². The monoisotopic (exact) mass is 522 g/mol. The zero-order valence-corrected chi connectivity index (χ0v) is 20.1. The smallest absolute Gasteiger partial charge is 0.291 e. The summed E-state index contributed by atoms with van der Waals surface area (Å²) in [7, 11) is 0. The lowest BCUT2D eigenvalue weighted by Gasteiger charge is -2.43. The number of alkyl halides is 3. The number of nitrogens with zero attached hydrogens (tertiary/aromatic N) is 4. The first kappa shape index (κ1) is 24.1. The Bertz CT molecular complexity index is 704. The van der Waals surface area contributed by atoms with Gasteiger partial charge in [-0.1, -0.05) is 31.8 Å². The molecule has 0 saturated carbocycles. The van der Waals surface area contributed by atoms with E-state index in [1.54, 1.807) is 4.90 Å². The fraction of sp³-hybridized carbons (Fsp3) is 0.667. The Morgan fingerprint density at radius 2 is 1.86 bits per heavy atom. The summed E-state index contributed by atoms with van der Waals surface area (Å²) in [5.41, 5.74) is 0.820. The summed E-state index contributed by atoms with van der Waals surface area (Å²) in [4.78, 5) is 22.9. The van der Waals surface area contributed by atoms with Gasteiger partial charge in [0, 0.05) is 56.3 Å². The second kappa shape index (κ2) is 9.76. The van der Waals surface area contributed by atoms with E-state index in [2.05, 4.69) is 41.7 Å². The third kappa shape index (κ3) is 6.94. The minimum atomic E-state index is -2.65. The SMILES string of the molecule is C=IC(F)(F)CCCC1=NC(N2CCN(C(C)(C)C)CC2)=CC(=C)N1CC(C)=O. The molecule has 0 aromatic rings. The fourth-order valence-corrected chi connectivity index (χ4v) is 4.27. The van der Waals surface area contributed by atoms with Crippen molar-refractivity contribution < 1.29 is 13.6 Å². The lowest BCUT2D eigenvalue weighted by Crippen LogP contribution is -2.53. The van der Waals surface area contributed by atoms with Gasteiger partial charge < -0.3 is 9.80 Å². The van der Waals surface area contributed by atoms with Crippen molar-refractivity contribution in [1.29, 1.82) is 0 Å². The standard InChI is InChI=1S/C21H33F2IN4O/c1-16-14-19(26-10-12-27(13-11-26)20(3,4)5)25-18(28(16)15-17(2)29)8-7-9-21(22,23)24-6/h14H,1,6-13,15H2,2-5H3. The van der Waals surface area contributed by atoms with Crippen molar-refractivity contribution >= 4 is 36.9 Å². The molecule has 0 aliphatic carbocycles. The van der Waals surface area contributed by atoms with Crippen LogP contribution in [0.4, 0.5) is 8.78 Å². The molecule has 2 aliphatic rings. The minimum absolute atomic E-state index is 0.0107. The Balaban J connectivity index is 2.12. The Kier molecular flexibility index (Phi) is 8.12. The first-order valence-corrected chi connectivity index (χ1v) is 12.6. The molecular weight excluding hydrogens is 489 g/mol. The van der Waals surface area contributed by atoms with Gasteiger partial charge in [0.2, 0.25) is 0 Å². The van der Waals surface area contributed by atoms with Crippen molar-refractivity contribution in [2.75, 3.05) is 32.7 Å². The molecule has 0 aromatic carbocycles. The van der Waals surface area contributed by atoms with Crippen LogP contribution < -0.4 is 0 Å². The maximum Gasteiger partial charge on any atom is 0.291 e. The van der Waals surface area contributed by atoms with Crippen LogP contribution in [0.2, 0.25) is 0 Å². The molecular formula is C21H33F2IN4O. The molecule has 0 bridgehead atoms. The maximum atomic E-state index is 13.6. The van der Waals surface area contributed by atoms with E-state index in [0.29, 0.717) is 24.4 Å². The average molecular weight is 522 g/mol. The van der Waals surface area contributed by atoms with Gasteiger partial charge in [0.25, 0.3) is 3.93 Å². The topological polar surface area (TPSA) is 39.1 Å². The van der Waals surface area contributed by atoms with Crippen LogP contribution in [0.5, 0.6) is 0 Å². The molecule has 1 fully saturated rings. The first-order chi connectivity index (χ1) is 13.4. The Morgan fingerprint density at radius 1 is 1.24 bits per heavy atom. The van der Waals surface area contributed by atoms with Gasteiger partial charge in [-0.3, -0.25) is 9.69 Å². The number of hydrogen-bond acceptors (Lipinski definition) is 5. The normalized spacial score (nSPS) is 19.3. The highest BCUT2D eigenvalue weighted by atomic mass is 127. The van der Waals surface area contributed by atoms with Crippen molar-refractivity contribution in [1.82, 2.24) is 14.7 Å². The lowest BCUT2D eigenvalue weighted by atomic mass is 10.0. The molecule has 0 spiro atoms. The Labute approximate surface area is 183 Å². The van der Waals surface area contributed by atoms with Gasteiger partial charge in [0.15, 0.2) is 0 Å². The molecule has 2 rings (SSSR count). The highest BCUT2D eigenvalue weighted by Crippen LogP contribution is 2.33. The largest absolute Gasteiger partial charge is 0.354 e. The number of halogens is 3. The predicted molar refractivity (Wildman–Crippen MR) is 125 cm³/mol. The third-order valence-corrected chi connectivity index (χ3v) is 6.84. The number of amidine groups is 1. The molecule has 0 aromatic heterocycles. The van der Waals surface area contributed by atoms with Gasteiger partial charge in [-0.25, -0.2) is 4.99 Å². The van der Waals surface area contributed by atoms with Crippen molar-refractivity contribution in [3.05, 3.63) is 24.2 Å². The van der Waals surface area contributed by atoms with Crippen LogP contribution in [0.15, 0.2) is 29.2 Å². The van der Waals surface area contributed by atoms with Crippen LogP contribution in [0.25, 0.3) is 0 Å². The summed E-state index contributed by atoms with van der Waals surface area (Å²) in [6.45, 7) is 16.0. The quantitative estimate of drug-likeness (QED) is 0.354. The van der Waals surface area contributed by atoms with Crippen molar-refractivity contribution in [3.8, 4) is 0 Å². The number of aliphatic imine (C=N–C) groups is 1. The lowest BCUT2D eigenvalue weighted by molar-refractivity contribution is -0.117. The summed E-state index contributed by atoms with van der Waals surface area (Å²) >= 11 is -1.37. The molecule has 2 aliphatic heterocycles. The van der Waals surface area contributed by atoms with E-state index < -0.39 is 24.7 Å². The number of carbonyl (C=O) groups is 1. The molecule has 164 valence electrons. The number of Topliss-reactive ketones (excluding diaryl/α,β-unsaturated/α-hetero) is 1. The maximum absolute atomic E-state index is 13.6. The summed E-state index contributed by atoms with van der Waals surface area (Å²) in [5.74, 6) is 1.46. The number of carbonyl (C=O) groups excluding carboxylic acids is 1. The molecule has 0 unspecified atom stereocenters. The number of piperazine rings is 1. The van der Waals surface area contributed by atoms with E-state index in [-0.39, 0.29) is 24.3 Å². The molecule has 0 atom stereocenters. The zero-order valence-electron chi connectivity index (χ0n) is 18.0. The number of rotatable bonds is 8. The van der Waals surface area contributed by atoms with E-state index in [1.807, 2.05) is 6.08 Å². The van der Waals surface area contributed by atoms with Crippen LogP contribution in [0, 0.1) is 0 Å². The summed E-state index contributed by atoms with van der Waals surface area (Å²) < 4.78 is 28.0. The molecule has 29 heavy (non-hydrogen) atoms. The highest BCUT2D eigenvalue weighted by molar-refractivity contribution is 14.2. The molecule has 1 saturated heterocycles. The summed E-state index contributed by atoms with van der Waals surface area (Å²) in [6, 6.07) is 0. The number of hydrogen-bond donors (Lipinski definition) is 0. The number of ketones is 1. The second-order valence-corrected chi connectivity index (χ2v) is 10.9. The number of allylic oxidation sites excluding steroid dienone is 1. The van der Waals surface area contributed by atoms with Gasteiger partial charge >= 0.3 is 0 Å². The van der Waals surface area contributed by atoms with E-state index in [9.17, 15) is 13.6 Å². The van der Waals surface area contributed by atoms with E-state index in [1.165, 1.54) is 6.92 Å². The molecule has 0 amide bonds. The van der Waals surface area contributed by atoms with E-state index >= 15 is 0 Å². The van der Waals surface area contributed by atoms with Gasteiger partial charge in [0.1, 0.15) is 17.4 Å².